The zero-order valence-electron chi connectivity index (χ0n) is 22.7. The van der Waals surface area contributed by atoms with Crippen molar-refractivity contribution in [2.75, 3.05) is 18.4 Å². The van der Waals surface area contributed by atoms with Gasteiger partial charge in [-0.1, -0.05) is 0 Å². The zero-order valence-corrected chi connectivity index (χ0v) is 22.7. The highest BCUT2D eigenvalue weighted by Gasteiger charge is 2.27. The fourth-order valence-corrected chi connectivity index (χ4v) is 5.16. The van der Waals surface area contributed by atoms with Crippen molar-refractivity contribution >= 4 is 51.4 Å². The summed E-state index contributed by atoms with van der Waals surface area (Å²) in [4.78, 5) is 59.7. The highest BCUT2D eigenvalue weighted by molar-refractivity contribution is 6.05. The van der Waals surface area contributed by atoms with Gasteiger partial charge in [0.15, 0.2) is 5.69 Å². The molecule has 4 N–H and O–H groups in total. The standard InChI is InChI=1S/C17H15N5O2.C12H11N3O3/c1-10-8-19-17(24)14-7-11-4-5-13(21-15(11)22(10)14)16(23)20-12-3-2-6-18-9-12;1-6-5-13-11(16)9-4-7-2-3-8(12(17)18)14-10(7)15(6)9/h2-7,9-10H,8H2,1H3,(H,19,24)(H,20,23);2-4,6H,5H2,1H3,(H,13,16)(H,17,18). The second-order valence-corrected chi connectivity index (χ2v) is 10.1. The summed E-state index contributed by atoms with van der Waals surface area (Å²) in [5, 5.41) is 19.0. The molecule has 3 amide bonds. The predicted molar refractivity (Wildman–Crippen MR) is 153 cm³/mol. The molecule has 0 bridgehead atoms. The number of fused-ring (bicyclic) bond motifs is 6. The molecule has 5 aromatic heterocycles. The first-order chi connectivity index (χ1) is 20.2. The van der Waals surface area contributed by atoms with Gasteiger partial charge in [0, 0.05) is 30.1 Å². The van der Waals surface area contributed by atoms with Crippen molar-refractivity contribution in [3.05, 3.63) is 83.7 Å². The van der Waals surface area contributed by atoms with Crippen LogP contribution in [0, 0.1) is 0 Å². The van der Waals surface area contributed by atoms with Crippen LogP contribution in [0.15, 0.2) is 60.9 Å². The lowest BCUT2D eigenvalue weighted by Gasteiger charge is -2.23. The summed E-state index contributed by atoms with van der Waals surface area (Å²) < 4.78 is 3.68. The summed E-state index contributed by atoms with van der Waals surface area (Å²) in [6, 6.07) is 13.8. The number of amides is 3. The molecule has 13 nitrogen and oxygen atoms in total. The molecule has 0 fully saturated rings. The van der Waals surface area contributed by atoms with Crippen LogP contribution in [0.2, 0.25) is 0 Å². The van der Waals surface area contributed by atoms with Crippen molar-refractivity contribution in [3.63, 3.8) is 0 Å². The summed E-state index contributed by atoms with van der Waals surface area (Å²) in [6.07, 6.45) is 3.21. The number of nitrogens with zero attached hydrogens (tertiary/aromatic N) is 5. The average Bonchev–Trinajstić information content (AvgIpc) is 3.58. The number of carboxylic acids is 1. The molecule has 0 saturated carbocycles. The molecule has 2 aliphatic heterocycles. The summed E-state index contributed by atoms with van der Waals surface area (Å²) in [7, 11) is 0. The first-order valence-electron chi connectivity index (χ1n) is 13.3. The number of hydrogen-bond acceptors (Lipinski definition) is 7. The molecule has 13 heteroatoms. The van der Waals surface area contributed by atoms with Gasteiger partial charge < -0.3 is 30.2 Å². The number of pyridine rings is 3. The van der Waals surface area contributed by atoms with E-state index in [9.17, 15) is 19.2 Å². The van der Waals surface area contributed by atoms with Crippen molar-refractivity contribution in [2.24, 2.45) is 0 Å². The Bertz CT molecular complexity index is 1890. The van der Waals surface area contributed by atoms with Crippen LogP contribution in [0.25, 0.3) is 22.1 Å². The van der Waals surface area contributed by atoms with E-state index < -0.39 is 5.97 Å². The van der Waals surface area contributed by atoms with E-state index in [0.29, 0.717) is 47.2 Å². The monoisotopic (exact) mass is 566 g/mol. The van der Waals surface area contributed by atoms with Gasteiger partial charge in [-0.2, -0.15) is 0 Å². The minimum absolute atomic E-state index is 0.0124. The Labute approximate surface area is 238 Å². The Morgan fingerprint density at radius 1 is 0.857 bits per heavy atom. The predicted octanol–water partition coefficient (Wildman–Crippen LogP) is 3.03. The molecule has 7 rings (SSSR count). The maximum Gasteiger partial charge on any atom is 0.354 e. The number of anilines is 1. The van der Waals surface area contributed by atoms with Gasteiger partial charge in [0.2, 0.25) is 0 Å². The van der Waals surface area contributed by atoms with Crippen LogP contribution in [-0.4, -0.2) is 66.0 Å². The fourth-order valence-electron chi connectivity index (χ4n) is 5.16. The van der Waals surface area contributed by atoms with Gasteiger partial charge in [-0.25, -0.2) is 14.8 Å². The normalized spacial score (nSPS) is 17.4. The summed E-state index contributed by atoms with van der Waals surface area (Å²) >= 11 is 0. The maximum absolute atomic E-state index is 12.4. The molecule has 2 atom stereocenters. The number of carbonyl (C=O) groups is 4. The van der Waals surface area contributed by atoms with Crippen molar-refractivity contribution in [3.8, 4) is 0 Å². The van der Waals surface area contributed by atoms with Crippen LogP contribution < -0.4 is 16.0 Å². The molecule has 0 aliphatic carbocycles. The lowest BCUT2D eigenvalue weighted by atomic mass is 10.2. The smallest absolute Gasteiger partial charge is 0.354 e. The van der Waals surface area contributed by atoms with E-state index in [1.165, 1.54) is 6.07 Å². The van der Waals surface area contributed by atoms with Crippen LogP contribution in [-0.2, 0) is 0 Å². The van der Waals surface area contributed by atoms with Crippen molar-refractivity contribution in [2.45, 2.75) is 25.9 Å². The SMILES string of the molecule is CC1CNC(=O)c2cc3ccc(C(=O)Nc4cccnc4)nc3n21.CC1CNC(=O)c2cc3ccc(C(=O)O)nc3n21. The van der Waals surface area contributed by atoms with Gasteiger partial charge in [-0.3, -0.25) is 19.4 Å². The van der Waals surface area contributed by atoms with Crippen molar-refractivity contribution < 1.29 is 24.3 Å². The number of carboxylic acid groups (broad SMARTS) is 1. The maximum atomic E-state index is 12.4. The molecular formula is C29H26N8O5. The lowest BCUT2D eigenvalue weighted by Crippen LogP contribution is -2.37. The highest BCUT2D eigenvalue weighted by atomic mass is 16.4. The summed E-state index contributed by atoms with van der Waals surface area (Å²) in [5.41, 5.74) is 3.18. The molecule has 212 valence electrons. The van der Waals surface area contributed by atoms with Crippen LogP contribution in [0.1, 0.15) is 67.9 Å². The van der Waals surface area contributed by atoms with Crippen molar-refractivity contribution in [1.29, 1.82) is 0 Å². The molecule has 0 radical (unpaired) electrons. The Balaban J connectivity index is 0.000000157. The van der Waals surface area contributed by atoms with Gasteiger partial charge in [0.1, 0.15) is 28.4 Å². The van der Waals surface area contributed by atoms with Crippen molar-refractivity contribution in [1.82, 2.24) is 34.7 Å². The van der Waals surface area contributed by atoms with Crippen LogP contribution >= 0.6 is 0 Å². The van der Waals surface area contributed by atoms with E-state index in [4.69, 9.17) is 5.11 Å². The van der Waals surface area contributed by atoms with Crippen LogP contribution in [0.5, 0.6) is 0 Å². The Morgan fingerprint density at radius 2 is 1.40 bits per heavy atom. The van der Waals surface area contributed by atoms with Crippen LogP contribution in [0.4, 0.5) is 5.69 Å². The molecule has 7 heterocycles. The van der Waals surface area contributed by atoms with Gasteiger partial charge in [0.05, 0.1) is 24.0 Å². The largest absolute Gasteiger partial charge is 0.477 e. The van der Waals surface area contributed by atoms with Gasteiger partial charge in [-0.15, -0.1) is 0 Å². The van der Waals surface area contributed by atoms with E-state index >= 15 is 0 Å². The number of nitrogens with one attached hydrogen (secondary N) is 3. The third-order valence-corrected chi connectivity index (χ3v) is 7.20. The molecule has 2 aliphatic rings. The molecule has 0 spiro atoms. The van der Waals surface area contributed by atoms with Crippen LogP contribution in [0.3, 0.4) is 0 Å². The third kappa shape index (κ3) is 4.70. The number of aromatic nitrogens is 5. The average molecular weight is 567 g/mol. The van der Waals surface area contributed by atoms with E-state index in [1.54, 1.807) is 53.4 Å². The van der Waals surface area contributed by atoms with Gasteiger partial charge in [0.25, 0.3) is 17.7 Å². The molecule has 0 aromatic carbocycles. The molecule has 0 saturated heterocycles. The number of hydrogen-bond donors (Lipinski definition) is 4. The Morgan fingerprint density at radius 3 is 1.93 bits per heavy atom. The topological polar surface area (TPSA) is 173 Å². The second-order valence-electron chi connectivity index (χ2n) is 10.1. The third-order valence-electron chi connectivity index (χ3n) is 7.20. The lowest BCUT2D eigenvalue weighted by molar-refractivity contribution is 0.0690. The number of aromatic carboxylic acids is 1. The fraction of sp³-hybridized carbons (Fsp3) is 0.207. The van der Waals surface area contributed by atoms with E-state index in [2.05, 4.69) is 30.9 Å². The highest BCUT2D eigenvalue weighted by Crippen LogP contribution is 2.27. The number of carbonyl (C=O) groups excluding carboxylic acids is 3. The van der Waals surface area contributed by atoms with Gasteiger partial charge >= 0.3 is 5.97 Å². The molecule has 5 aromatic rings. The second kappa shape index (κ2) is 10.4. The summed E-state index contributed by atoms with van der Waals surface area (Å²) in [6.45, 7) is 5.03. The summed E-state index contributed by atoms with van der Waals surface area (Å²) in [5.74, 6) is -1.65. The molecule has 42 heavy (non-hydrogen) atoms. The first kappa shape index (κ1) is 26.6. The zero-order chi connectivity index (χ0) is 29.5. The molecule has 2 unspecified atom stereocenters. The Kier molecular flexibility index (Phi) is 6.61. The van der Waals surface area contributed by atoms with E-state index in [0.717, 1.165) is 10.8 Å². The quantitative estimate of drug-likeness (QED) is 0.258. The first-order valence-corrected chi connectivity index (χ1v) is 13.3. The molecular weight excluding hydrogens is 540 g/mol. The Hall–Kier alpha value is -5.59. The van der Waals surface area contributed by atoms with E-state index in [-0.39, 0.29) is 35.5 Å². The number of rotatable bonds is 3. The minimum Gasteiger partial charge on any atom is -0.477 e. The minimum atomic E-state index is -1.07. The van der Waals surface area contributed by atoms with Gasteiger partial charge in [-0.05, 0) is 62.4 Å². The van der Waals surface area contributed by atoms with E-state index in [1.807, 2.05) is 24.5 Å².